The molecule has 29 heavy (non-hydrogen) atoms. The van der Waals surface area contributed by atoms with Crippen LogP contribution in [-0.2, 0) is 22.6 Å². The molecule has 0 spiro atoms. The number of nitrogens with one attached hydrogen (secondary N) is 1. The van der Waals surface area contributed by atoms with E-state index in [1.807, 2.05) is 0 Å². The number of halogens is 4. The van der Waals surface area contributed by atoms with E-state index in [9.17, 15) is 22.8 Å². The summed E-state index contributed by atoms with van der Waals surface area (Å²) in [6, 6.07) is 6.71. The summed E-state index contributed by atoms with van der Waals surface area (Å²) >= 11 is 6.27. The molecule has 0 saturated heterocycles. The molecule has 0 atom stereocenters. The van der Waals surface area contributed by atoms with Gasteiger partial charge in [0.05, 0.1) is 11.4 Å². The summed E-state index contributed by atoms with van der Waals surface area (Å²) in [4.78, 5) is 33.1. The van der Waals surface area contributed by atoms with E-state index in [0.717, 1.165) is 4.90 Å². The smallest absolute Gasteiger partial charge is 0.330 e. The van der Waals surface area contributed by atoms with Gasteiger partial charge in [-0.25, -0.2) is 9.97 Å². The van der Waals surface area contributed by atoms with Crippen LogP contribution in [0.2, 0.25) is 5.02 Å². The maximum atomic E-state index is 12.9. The highest BCUT2D eigenvalue weighted by atomic mass is 35.5. The predicted molar refractivity (Wildman–Crippen MR) is 101 cm³/mol. The molecule has 3 rings (SSSR count). The fourth-order valence-electron chi connectivity index (χ4n) is 2.95. The van der Waals surface area contributed by atoms with E-state index in [2.05, 4.69) is 15.3 Å². The standard InChI is InChI=1S/C19H18ClF3N4O2/c1-10(2)16(28)26-18-24-14-7-8-27(17(29)19(21,22)23)9-12(14)15(25-18)11-5-3-4-6-13(11)20/h3-6,10H,7-9H2,1-2H3,(H,24,25,26,28). The molecule has 1 aromatic heterocycles. The second-order valence-corrected chi connectivity index (χ2v) is 7.33. The minimum atomic E-state index is -4.96. The van der Waals surface area contributed by atoms with Crippen LogP contribution in [-0.4, -0.2) is 39.4 Å². The Balaban J connectivity index is 2.08. The highest BCUT2D eigenvalue weighted by Gasteiger charge is 2.43. The number of carbonyl (C=O) groups excluding carboxylic acids is 2. The molecule has 6 nitrogen and oxygen atoms in total. The van der Waals surface area contributed by atoms with Crippen LogP contribution in [0.25, 0.3) is 11.3 Å². The minimum absolute atomic E-state index is 0.0490. The maximum Gasteiger partial charge on any atom is 0.471 e. The van der Waals surface area contributed by atoms with Crippen molar-refractivity contribution in [2.45, 2.75) is 33.0 Å². The van der Waals surface area contributed by atoms with Crippen molar-refractivity contribution < 1.29 is 22.8 Å². The lowest BCUT2D eigenvalue weighted by molar-refractivity contribution is -0.186. The van der Waals surface area contributed by atoms with Gasteiger partial charge in [0, 0.05) is 41.6 Å². The SMILES string of the molecule is CC(C)C(=O)Nc1nc2c(c(-c3ccccc3Cl)n1)CN(C(=O)C(F)(F)F)CC2. The van der Waals surface area contributed by atoms with Crippen molar-refractivity contribution >= 4 is 29.4 Å². The number of carbonyl (C=O) groups is 2. The number of fused-ring (bicyclic) bond motifs is 1. The maximum absolute atomic E-state index is 12.9. The second-order valence-electron chi connectivity index (χ2n) is 6.92. The van der Waals surface area contributed by atoms with Gasteiger partial charge in [-0.3, -0.25) is 14.9 Å². The van der Waals surface area contributed by atoms with Crippen LogP contribution in [0.3, 0.4) is 0 Å². The zero-order chi connectivity index (χ0) is 21.3. The molecule has 1 aromatic carbocycles. The largest absolute Gasteiger partial charge is 0.471 e. The van der Waals surface area contributed by atoms with Crippen LogP contribution >= 0.6 is 11.6 Å². The lowest BCUT2D eigenvalue weighted by atomic mass is 9.99. The molecule has 2 amide bonds. The Kier molecular flexibility index (Phi) is 5.79. The van der Waals surface area contributed by atoms with Gasteiger partial charge in [-0.15, -0.1) is 0 Å². The van der Waals surface area contributed by atoms with E-state index < -0.39 is 12.1 Å². The summed E-state index contributed by atoms with van der Waals surface area (Å²) in [7, 11) is 0. The lowest BCUT2D eigenvalue weighted by Gasteiger charge is -2.30. The second kappa shape index (κ2) is 7.98. The lowest BCUT2D eigenvalue weighted by Crippen LogP contribution is -2.44. The number of rotatable bonds is 3. The topological polar surface area (TPSA) is 75.2 Å². The molecule has 10 heteroatoms. The molecule has 0 bridgehead atoms. The van der Waals surface area contributed by atoms with Gasteiger partial charge in [0.15, 0.2) is 0 Å². The van der Waals surface area contributed by atoms with E-state index in [0.29, 0.717) is 27.5 Å². The highest BCUT2D eigenvalue weighted by Crippen LogP contribution is 2.34. The van der Waals surface area contributed by atoms with E-state index >= 15 is 0 Å². The first-order chi connectivity index (χ1) is 13.6. The van der Waals surface area contributed by atoms with Crippen LogP contribution in [0.1, 0.15) is 25.1 Å². The molecule has 1 aliphatic heterocycles. The Morgan fingerprint density at radius 1 is 1.21 bits per heavy atom. The zero-order valence-corrected chi connectivity index (χ0v) is 16.4. The van der Waals surface area contributed by atoms with Crippen molar-refractivity contribution in [2.75, 3.05) is 11.9 Å². The molecular formula is C19H18ClF3N4O2. The summed E-state index contributed by atoms with van der Waals surface area (Å²) in [5, 5.41) is 2.96. The average Bonchev–Trinajstić information content (AvgIpc) is 2.66. The molecule has 1 N–H and O–H groups in total. The third kappa shape index (κ3) is 4.50. The Morgan fingerprint density at radius 3 is 2.52 bits per heavy atom. The third-order valence-electron chi connectivity index (χ3n) is 4.48. The molecular weight excluding hydrogens is 409 g/mol. The Labute approximate surface area is 170 Å². The number of nitrogens with zero attached hydrogens (tertiary/aromatic N) is 3. The average molecular weight is 427 g/mol. The van der Waals surface area contributed by atoms with Crippen LogP contribution in [0.4, 0.5) is 19.1 Å². The van der Waals surface area contributed by atoms with E-state index in [-0.39, 0.29) is 37.3 Å². The zero-order valence-electron chi connectivity index (χ0n) is 15.7. The molecule has 0 fully saturated rings. The number of amides is 2. The van der Waals surface area contributed by atoms with Crippen molar-refractivity contribution in [3.63, 3.8) is 0 Å². The van der Waals surface area contributed by atoms with Crippen molar-refractivity contribution in [2.24, 2.45) is 5.92 Å². The molecule has 0 radical (unpaired) electrons. The van der Waals surface area contributed by atoms with Gasteiger partial charge in [0.1, 0.15) is 0 Å². The summed E-state index contributed by atoms with van der Waals surface area (Å²) in [5.74, 6) is -2.46. The van der Waals surface area contributed by atoms with Gasteiger partial charge in [0.2, 0.25) is 11.9 Å². The Bertz CT molecular complexity index is 963. The van der Waals surface area contributed by atoms with Gasteiger partial charge in [-0.05, 0) is 6.07 Å². The first-order valence-electron chi connectivity index (χ1n) is 8.89. The summed E-state index contributed by atoms with van der Waals surface area (Å²) in [5.41, 5.74) is 1.62. The van der Waals surface area contributed by atoms with Crippen molar-refractivity contribution in [1.82, 2.24) is 14.9 Å². The van der Waals surface area contributed by atoms with Crippen LogP contribution in [0.5, 0.6) is 0 Å². The Morgan fingerprint density at radius 2 is 1.90 bits per heavy atom. The van der Waals surface area contributed by atoms with Crippen LogP contribution < -0.4 is 5.32 Å². The number of benzene rings is 1. The van der Waals surface area contributed by atoms with Gasteiger partial charge in [-0.2, -0.15) is 13.2 Å². The van der Waals surface area contributed by atoms with Crippen molar-refractivity contribution in [1.29, 1.82) is 0 Å². The van der Waals surface area contributed by atoms with Gasteiger partial charge in [-0.1, -0.05) is 43.6 Å². The molecule has 154 valence electrons. The number of hydrogen-bond acceptors (Lipinski definition) is 4. The monoisotopic (exact) mass is 426 g/mol. The molecule has 2 heterocycles. The first kappa shape index (κ1) is 21.0. The van der Waals surface area contributed by atoms with Crippen molar-refractivity contribution in [3.05, 3.63) is 40.5 Å². The minimum Gasteiger partial charge on any atom is -0.330 e. The summed E-state index contributed by atoms with van der Waals surface area (Å²) in [6.07, 6.45) is -4.87. The summed E-state index contributed by atoms with van der Waals surface area (Å²) < 4.78 is 38.7. The molecule has 0 saturated carbocycles. The fourth-order valence-corrected chi connectivity index (χ4v) is 3.18. The van der Waals surface area contributed by atoms with Gasteiger partial charge < -0.3 is 4.90 Å². The molecule has 1 aliphatic rings. The highest BCUT2D eigenvalue weighted by molar-refractivity contribution is 6.33. The van der Waals surface area contributed by atoms with E-state index in [4.69, 9.17) is 11.6 Å². The van der Waals surface area contributed by atoms with Crippen LogP contribution in [0, 0.1) is 5.92 Å². The fraction of sp³-hybridized carbons (Fsp3) is 0.368. The van der Waals surface area contributed by atoms with Gasteiger partial charge >= 0.3 is 12.1 Å². The van der Waals surface area contributed by atoms with Crippen LogP contribution in [0.15, 0.2) is 24.3 Å². The number of aromatic nitrogens is 2. The molecule has 2 aromatic rings. The normalized spacial score (nSPS) is 14.0. The Hall–Kier alpha value is -2.68. The number of anilines is 1. The molecule has 0 unspecified atom stereocenters. The van der Waals surface area contributed by atoms with E-state index in [1.165, 1.54) is 0 Å². The number of hydrogen-bond donors (Lipinski definition) is 1. The van der Waals surface area contributed by atoms with Crippen molar-refractivity contribution in [3.8, 4) is 11.3 Å². The van der Waals surface area contributed by atoms with Gasteiger partial charge in [0.25, 0.3) is 0 Å². The summed E-state index contributed by atoms with van der Waals surface area (Å²) in [6.45, 7) is 2.99. The quantitative estimate of drug-likeness (QED) is 0.809. The third-order valence-corrected chi connectivity index (χ3v) is 4.81. The number of alkyl halides is 3. The first-order valence-corrected chi connectivity index (χ1v) is 9.27. The van der Waals surface area contributed by atoms with E-state index in [1.54, 1.807) is 38.1 Å². The predicted octanol–water partition coefficient (Wildman–Crippen LogP) is 3.84. The molecule has 0 aliphatic carbocycles.